The Bertz CT molecular complexity index is 1230. The fraction of sp³-hybridized carbons (Fsp3) is 0.320. The number of anilines is 1. The van der Waals surface area contributed by atoms with Gasteiger partial charge in [0.2, 0.25) is 5.91 Å². The van der Waals surface area contributed by atoms with Gasteiger partial charge >= 0.3 is 7.12 Å². The van der Waals surface area contributed by atoms with Gasteiger partial charge in [0.25, 0.3) is 0 Å². The Kier molecular flexibility index (Phi) is 5.64. The Morgan fingerprint density at radius 1 is 1.15 bits per heavy atom. The third kappa shape index (κ3) is 4.00. The van der Waals surface area contributed by atoms with Crippen LogP contribution in [-0.4, -0.2) is 33.0 Å². The van der Waals surface area contributed by atoms with E-state index >= 15 is 0 Å². The maximum atomic E-state index is 12.0. The average molecular weight is 442 g/mol. The predicted octanol–water partition coefficient (Wildman–Crippen LogP) is 1.68. The minimum absolute atomic E-state index is 0.0126. The Morgan fingerprint density at radius 2 is 1.97 bits per heavy atom. The number of nitrogens with zero attached hydrogens (tertiary/aromatic N) is 2. The first kappa shape index (κ1) is 21.6. The normalized spacial score (nSPS) is 18.6. The number of hydrogen-bond donors (Lipinski definition) is 4. The number of carbonyl (C=O) groups is 1. The molecule has 0 spiro atoms. The molecule has 5 N–H and O–H groups in total. The highest BCUT2D eigenvalue weighted by molar-refractivity contribution is 6.58. The van der Waals surface area contributed by atoms with Crippen LogP contribution in [0.4, 0.5) is 5.82 Å². The van der Waals surface area contributed by atoms with Gasteiger partial charge in [-0.1, -0.05) is 43.3 Å². The van der Waals surface area contributed by atoms with Crippen LogP contribution >= 0.6 is 0 Å². The molecular formula is C25H27BN4O3. The number of rotatable bonds is 6. The third-order valence-electron chi connectivity index (χ3n) is 6.85. The molecule has 2 unspecified atom stereocenters. The van der Waals surface area contributed by atoms with E-state index in [-0.39, 0.29) is 11.8 Å². The summed E-state index contributed by atoms with van der Waals surface area (Å²) in [5, 5.41) is 22.4. The molecule has 5 rings (SSSR count). The maximum Gasteiger partial charge on any atom is 0.488 e. The molecule has 1 amide bonds. The number of aryl methyl sites for hydroxylation is 1. The first-order chi connectivity index (χ1) is 15.9. The summed E-state index contributed by atoms with van der Waals surface area (Å²) in [7, 11) is -1.49. The van der Waals surface area contributed by atoms with E-state index in [1.165, 1.54) is 0 Å². The Morgan fingerprint density at radius 3 is 2.76 bits per heavy atom. The van der Waals surface area contributed by atoms with E-state index in [1.54, 1.807) is 18.2 Å². The summed E-state index contributed by atoms with van der Waals surface area (Å²) in [5.74, 6) is 1.50. The number of nitrogens with two attached hydrogens (primary N) is 1. The molecule has 7 nitrogen and oxygen atoms in total. The Hall–Kier alpha value is -3.23. The molecular weight excluding hydrogens is 415 g/mol. The first-order valence-corrected chi connectivity index (χ1v) is 11.4. The lowest BCUT2D eigenvalue weighted by Crippen LogP contribution is -2.30. The summed E-state index contributed by atoms with van der Waals surface area (Å²) in [5.41, 5.74) is 12.0. The fourth-order valence-electron chi connectivity index (χ4n) is 5.28. The van der Waals surface area contributed by atoms with Crippen LogP contribution in [0.5, 0.6) is 0 Å². The van der Waals surface area contributed by atoms with E-state index in [0.29, 0.717) is 17.6 Å². The monoisotopic (exact) mass is 442 g/mol. The second kappa shape index (κ2) is 8.61. The number of primary amides is 1. The number of benzene rings is 2. The zero-order chi connectivity index (χ0) is 23.1. The largest absolute Gasteiger partial charge is 0.488 e. The molecule has 2 aliphatic carbocycles. The van der Waals surface area contributed by atoms with Crippen molar-refractivity contribution in [1.29, 1.82) is 0 Å². The van der Waals surface area contributed by atoms with Gasteiger partial charge in [0, 0.05) is 29.3 Å². The smallest absolute Gasteiger partial charge is 0.423 e. The molecule has 0 radical (unpaired) electrons. The fourth-order valence-corrected chi connectivity index (χ4v) is 5.28. The van der Waals surface area contributed by atoms with Gasteiger partial charge in [-0.3, -0.25) is 4.79 Å². The molecule has 0 saturated carbocycles. The zero-order valence-electron chi connectivity index (χ0n) is 18.6. The van der Waals surface area contributed by atoms with Crippen LogP contribution < -0.4 is 16.5 Å². The van der Waals surface area contributed by atoms with Crippen molar-refractivity contribution < 1.29 is 14.8 Å². The summed E-state index contributed by atoms with van der Waals surface area (Å²) >= 11 is 0. The Balaban J connectivity index is 1.49. The van der Waals surface area contributed by atoms with Crippen molar-refractivity contribution >= 4 is 24.3 Å². The van der Waals surface area contributed by atoms with E-state index in [4.69, 9.17) is 15.7 Å². The third-order valence-corrected chi connectivity index (χ3v) is 6.85. The summed E-state index contributed by atoms with van der Waals surface area (Å²) in [6.07, 6.45) is 3.70. The molecule has 2 atom stereocenters. The first-order valence-electron chi connectivity index (χ1n) is 11.4. The van der Waals surface area contributed by atoms with Crippen LogP contribution in [0.2, 0.25) is 0 Å². The van der Waals surface area contributed by atoms with Gasteiger partial charge in [0.15, 0.2) is 0 Å². The second-order valence-corrected chi connectivity index (χ2v) is 9.08. The van der Waals surface area contributed by atoms with Crippen LogP contribution in [0.3, 0.4) is 0 Å². The zero-order valence-corrected chi connectivity index (χ0v) is 18.6. The molecule has 2 aromatic carbocycles. The number of nitrogens with one attached hydrogen (secondary N) is 1. The standard InChI is InChI=1S/C25H27BN4O3/c1-14-11-20-17(7-3-8-18(20)23(27)31)22(14)25-29-21-10-4-9-19(21)24(30-25)28-13-15-5-2-6-16(12-15)26(32)33/h2-3,5-8,12,14,22,32-33H,4,9-11,13H2,1H3,(H2,27,31)(H,28,29,30). The summed E-state index contributed by atoms with van der Waals surface area (Å²) in [4.78, 5) is 21.9. The molecule has 8 heteroatoms. The lowest BCUT2D eigenvalue weighted by molar-refractivity contribution is 0.0999. The molecule has 1 aromatic heterocycles. The van der Waals surface area contributed by atoms with E-state index in [0.717, 1.165) is 65.3 Å². The molecule has 1 heterocycles. The molecule has 0 bridgehead atoms. The summed E-state index contributed by atoms with van der Waals surface area (Å²) in [6.45, 7) is 2.69. The minimum Gasteiger partial charge on any atom is -0.423 e. The van der Waals surface area contributed by atoms with Crippen molar-refractivity contribution in [2.75, 3.05) is 5.32 Å². The van der Waals surface area contributed by atoms with Crippen LogP contribution in [0.1, 0.15) is 63.4 Å². The number of fused-ring (bicyclic) bond motifs is 2. The SMILES string of the molecule is CC1Cc2c(C(N)=O)cccc2C1c1nc2c(c(NCc3cccc(B(O)O)c3)n1)CCC2. The van der Waals surface area contributed by atoms with Gasteiger partial charge in [-0.05, 0) is 59.8 Å². The lowest BCUT2D eigenvalue weighted by atomic mass is 9.79. The molecule has 0 saturated heterocycles. The number of hydrogen-bond acceptors (Lipinski definition) is 6. The van der Waals surface area contributed by atoms with Gasteiger partial charge in [-0.15, -0.1) is 0 Å². The Labute approximate surface area is 193 Å². The molecule has 2 aliphatic rings. The van der Waals surface area contributed by atoms with Crippen molar-refractivity contribution in [3.8, 4) is 0 Å². The molecule has 3 aromatic rings. The van der Waals surface area contributed by atoms with Crippen LogP contribution in [0.15, 0.2) is 42.5 Å². The summed E-state index contributed by atoms with van der Waals surface area (Å²) < 4.78 is 0. The van der Waals surface area contributed by atoms with Gasteiger partial charge in [-0.25, -0.2) is 9.97 Å². The van der Waals surface area contributed by atoms with Crippen LogP contribution in [0.25, 0.3) is 0 Å². The van der Waals surface area contributed by atoms with E-state index in [9.17, 15) is 14.8 Å². The van der Waals surface area contributed by atoms with Gasteiger partial charge in [-0.2, -0.15) is 0 Å². The van der Waals surface area contributed by atoms with Crippen molar-refractivity contribution in [2.24, 2.45) is 11.7 Å². The van der Waals surface area contributed by atoms with Crippen LogP contribution in [0, 0.1) is 5.92 Å². The minimum atomic E-state index is -1.49. The quantitative estimate of drug-likeness (QED) is 0.431. The van der Waals surface area contributed by atoms with Crippen molar-refractivity contribution in [3.63, 3.8) is 0 Å². The van der Waals surface area contributed by atoms with Crippen molar-refractivity contribution in [1.82, 2.24) is 9.97 Å². The van der Waals surface area contributed by atoms with Gasteiger partial charge in [0.05, 0.1) is 0 Å². The predicted molar refractivity (Wildman–Crippen MR) is 127 cm³/mol. The van der Waals surface area contributed by atoms with Gasteiger partial charge in [0.1, 0.15) is 11.6 Å². The van der Waals surface area contributed by atoms with Crippen molar-refractivity contribution in [2.45, 2.75) is 45.1 Å². The number of aromatic nitrogens is 2. The van der Waals surface area contributed by atoms with E-state index in [1.807, 2.05) is 18.2 Å². The topological polar surface area (TPSA) is 121 Å². The molecule has 168 valence electrons. The average Bonchev–Trinajstić information content (AvgIpc) is 3.40. The van der Waals surface area contributed by atoms with E-state index in [2.05, 4.69) is 18.3 Å². The van der Waals surface area contributed by atoms with Crippen LogP contribution in [-0.2, 0) is 25.8 Å². The summed E-state index contributed by atoms with van der Waals surface area (Å²) in [6, 6.07) is 13.0. The van der Waals surface area contributed by atoms with Crippen molar-refractivity contribution in [3.05, 3.63) is 81.8 Å². The van der Waals surface area contributed by atoms with E-state index < -0.39 is 13.0 Å². The maximum absolute atomic E-state index is 12.0. The highest BCUT2D eigenvalue weighted by atomic mass is 16.4. The highest BCUT2D eigenvalue weighted by Gasteiger charge is 2.36. The molecule has 0 aliphatic heterocycles. The number of amides is 1. The number of carbonyl (C=O) groups excluding carboxylic acids is 1. The highest BCUT2D eigenvalue weighted by Crippen LogP contribution is 2.43. The van der Waals surface area contributed by atoms with Gasteiger partial charge < -0.3 is 21.1 Å². The second-order valence-electron chi connectivity index (χ2n) is 9.08. The lowest BCUT2D eigenvalue weighted by Gasteiger charge is -2.19. The molecule has 0 fully saturated rings. The molecule has 33 heavy (non-hydrogen) atoms.